The minimum Gasteiger partial charge on any atom is -0.496 e. The van der Waals surface area contributed by atoms with Gasteiger partial charge in [0.15, 0.2) is 0 Å². The normalized spacial score (nSPS) is 17.4. The van der Waals surface area contributed by atoms with Gasteiger partial charge in [-0.2, -0.15) is 13.2 Å². The lowest BCUT2D eigenvalue weighted by atomic mass is 9.60. The molecule has 4 N–H and O–H groups in total. The van der Waals surface area contributed by atoms with Crippen molar-refractivity contribution in [2.75, 3.05) is 57.0 Å². The van der Waals surface area contributed by atoms with Crippen LogP contribution >= 0.6 is 11.9 Å². The van der Waals surface area contributed by atoms with Crippen molar-refractivity contribution in [2.24, 2.45) is 5.41 Å². The number of amides is 1. The summed E-state index contributed by atoms with van der Waals surface area (Å²) in [6.45, 7) is 5.83. The van der Waals surface area contributed by atoms with Crippen molar-refractivity contribution in [1.29, 1.82) is 0 Å². The van der Waals surface area contributed by atoms with Gasteiger partial charge in [-0.15, -0.1) is 0 Å². The lowest BCUT2D eigenvalue weighted by Gasteiger charge is -2.62. The van der Waals surface area contributed by atoms with Crippen molar-refractivity contribution in [3.05, 3.63) is 106 Å². The Hall–Kier alpha value is -5.52. The van der Waals surface area contributed by atoms with Crippen molar-refractivity contribution < 1.29 is 32.4 Å². The molecule has 5 aromatic rings. The predicted molar refractivity (Wildman–Crippen MR) is 206 cm³/mol. The molecule has 3 aromatic carbocycles. The highest BCUT2D eigenvalue weighted by molar-refractivity contribution is 7.98. The van der Waals surface area contributed by atoms with E-state index in [2.05, 4.69) is 29.4 Å². The maximum Gasteiger partial charge on any atom is 0.419 e. The molecule has 13 nitrogen and oxygen atoms in total. The third-order valence-electron chi connectivity index (χ3n) is 10.9. The quantitative estimate of drug-likeness (QED) is 0.0544. The number of benzene rings is 3. The Labute approximate surface area is 324 Å². The van der Waals surface area contributed by atoms with Crippen molar-refractivity contribution in [3.63, 3.8) is 0 Å². The van der Waals surface area contributed by atoms with Gasteiger partial charge < -0.3 is 25.1 Å². The fraction of sp³-hybridized carbons (Fsp3) is 0.333. The number of alkyl halides is 3. The number of rotatable bonds is 11. The SMILES string of the molecule is COc1cc(CN2CCN(C3CC4(C3)CN(c3ccc(C(=O)NSc5ccc(N)c([N+](=O)[O-])c5)c(Oc5cnc6[nH]ccc6c5)c3)C4)CC2)ccc1C(F)(F)F. The van der Waals surface area contributed by atoms with Crippen LogP contribution in [0.15, 0.2) is 84.0 Å². The van der Waals surface area contributed by atoms with E-state index >= 15 is 0 Å². The number of aromatic nitrogens is 2. The number of carbonyl (C=O) groups excluding carboxylic acids is 1. The van der Waals surface area contributed by atoms with Gasteiger partial charge >= 0.3 is 6.18 Å². The molecular formula is C39H39F3N8O5S. The first kappa shape index (κ1) is 37.4. The van der Waals surface area contributed by atoms with Gasteiger partial charge in [-0.05, 0) is 78.9 Å². The zero-order valence-electron chi connectivity index (χ0n) is 30.3. The number of fused-ring (bicyclic) bond motifs is 1. The first-order valence-corrected chi connectivity index (χ1v) is 18.9. The van der Waals surface area contributed by atoms with E-state index in [0.717, 1.165) is 86.8 Å². The number of piperazine rings is 1. The van der Waals surface area contributed by atoms with Gasteiger partial charge in [-0.3, -0.25) is 29.4 Å². The lowest BCUT2D eigenvalue weighted by molar-refractivity contribution is -0.384. The Bertz CT molecular complexity index is 2280. The van der Waals surface area contributed by atoms with Crippen molar-refractivity contribution in [2.45, 2.75) is 36.5 Å². The molecule has 8 rings (SSSR count). The number of H-pyrrole nitrogens is 1. The summed E-state index contributed by atoms with van der Waals surface area (Å²) in [5.74, 6) is 0.223. The number of pyridine rings is 1. The Balaban J connectivity index is 0.885. The number of hydrogen-bond acceptors (Lipinski definition) is 11. The molecule has 292 valence electrons. The average Bonchev–Trinajstić information content (AvgIpc) is 3.61. The summed E-state index contributed by atoms with van der Waals surface area (Å²) in [5, 5.41) is 12.2. The Morgan fingerprint density at radius 2 is 1.84 bits per heavy atom. The standard InChI is InChI=1S/C39H39F3N8O5S/c1-54-35-14-24(2-6-31(35)39(40,41)42)21-47-10-12-48(13-11-47)27-18-38(19-27)22-49(23-38)26-3-5-30(34(16-26)55-28-15-25-8-9-44-36(25)45-20-28)37(51)46-56-29-4-7-32(43)33(17-29)50(52)53/h2-9,14-17,20,27H,10-13,18-19,21-23,43H2,1H3,(H,44,45)(H,46,51). The molecule has 1 amide bonds. The Kier molecular flexibility index (Phi) is 9.92. The number of nitrogens with one attached hydrogen (secondary N) is 2. The van der Waals surface area contributed by atoms with E-state index in [0.29, 0.717) is 34.6 Å². The van der Waals surface area contributed by atoms with Crippen molar-refractivity contribution in [1.82, 2.24) is 24.5 Å². The van der Waals surface area contributed by atoms with Crippen LogP contribution in [0.5, 0.6) is 17.2 Å². The topological polar surface area (TPSA) is 155 Å². The smallest absolute Gasteiger partial charge is 0.419 e. The number of nitrogens with zero attached hydrogens (tertiary/aromatic N) is 5. The summed E-state index contributed by atoms with van der Waals surface area (Å²) in [7, 11) is 1.26. The summed E-state index contributed by atoms with van der Waals surface area (Å²) in [6, 6.07) is 18.2. The summed E-state index contributed by atoms with van der Waals surface area (Å²) < 4.78 is 54.0. The van der Waals surface area contributed by atoms with E-state index in [-0.39, 0.29) is 28.1 Å². The molecule has 1 spiro atoms. The molecular weight excluding hydrogens is 750 g/mol. The van der Waals surface area contributed by atoms with Gasteiger partial charge in [0.2, 0.25) is 0 Å². The van der Waals surface area contributed by atoms with E-state index in [1.807, 2.05) is 24.3 Å². The van der Waals surface area contributed by atoms with E-state index in [4.69, 9.17) is 15.2 Å². The molecule has 3 aliphatic rings. The zero-order chi connectivity index (χ0) is 39.2. The fourth-order valence-electron chi connectivity index (χ4n) is 8.00. The molecule has 0 radical (unpaired) electrons. The monoisotopic (exact) mass is 788 g/mol. The van der Waals surface area contributed by atoms with Crippen LogP contribution in [0, 0.1) is 15.5 Å². The molecule has 2 aromatic heterocycles. The van der Waals surface area contributed by atoms with Gasteiger partial charge in [0, 0.05) is 91.6 Å². The first-order chi connectivity index (χ1) is 26.9. The molecule has 0 atom stereocenters. The van der Waals surface area contributed by atoms with Crippen LogP contribution in [-0.4, -0.2) is 83.0 Å². The molecule has 56 heavy (non-hydrogen) atoms. The second-order valence-corrected chi connectivity index (χ2v) is 15.5. The van der Waals surface area contributed by atoms with Crippen LogP contribution in [0.2, 0.25) is 0 Å². The lowest BCUT2D eigenvalue weighted by Crippen LogP contribution is -2.68. The fourth-order valence-corrected chi connectivity index (χ4v) is 8.63. The molecule has 0 unspecified atom stereocenters. The summed E-state index contributed by atoms with van der Waals surface area (Å²) in [4.78, 5) is 39.3. The minimum atomic E-state index is -4.46. The van der Waals surface area contributed by atoms with Crippen LogP contribution in [0.1, 0.15) is 34.3 Å². The predicted octanol–water partition coefficient (Wildman–Crippen LogP) is 7.10. The third kappa shape index (κ3) is 7.66. The van der Waals surface area contributed by atoms with Crippen molar-refractivity contribution >= 4 is 46.0 Å². The maximum atomic E-state index is 13.5. The molecule has 17 heteroatoms. The van der Waals surface area contributed by atoms with Crippen LogP contribution < -0.4 is 24.8 Å². The van der Waals surface area contributed by atoms with Crippen LogP contribution in [0.4, 0.5) is 30.2 Å². The van der Waals surface area contributed by atoms with Crippen LogP contribution in [0.3, 0.4) is 0 Å². The summed E-state index contributed by atoms with van der Waals surface area (Å²) in [6.07, 6.45) is 1.10. The molecule has 1 aliphatic carbocycles. The van der Waals surface area contributed by atoms with E-state index < -0.39 is 22.6 Å². The number of methoxy groups -OCH3 is 1. The Morgan fingerprint density at radius 1 is 1.05 bits per heavy atom. The van der Waals surface area contributed by atoms with Gasteiger partial charge in [-0.1, -0.05) is 6.07 Å². The number of anilines is 2. The van der Waals surface area contributed by atoms with Gasteiger partial charge in [0.25, 0.3) is 11.6 Å². The number of nitrogens with two attached hydrogens (primary N) is 1. The summed E-state index contributed by atoms with van der Waals surface area (Å²) in [5.41, 5.74) is 7.71. The maximum absolute atomic E-state index is 13.5. The van der Waals surface area contributed by atoms with Crippen LogP contribution in [-0.2, 0) is 12.7 Å². The second kappa shape index (κ2) is 14.9. The number of carbonyl (C=O) groups is 1. The Morgan fingerprint density at radius 3 is 2.57 bits per heavy atom. The highest BCUT2D eigenvalue weighted by Gasteiger charge is 2.54. The number of nitrogen functional groups attached to an aromatic ring is 1. The number of hydrogen-bond donors (Lipinski definition) is 3. The summed E-state index contributed by atoms with van der Waals surface area (Å²) >= 11 is 0.945. The first-order valence-electron chi connectivity index (χ1n) is 18.1. The molecule has 0 bridgehead atoms. The number of ether oxygens (including phenoxy) is 2. The molecule has 1 saturated carbocycles. The zero-order valence-corrected chi connectivity index (χ0v) is 31.2. The number of aromatic amines is 1. The van der Waals surface area contributed by atoms with Gasteiger partial charge in [0.05, 0.1) is 29.4 Å². The van der Waals surface area contributed by atoms with Crippen molar-refractivity contribution in [3.8, 4) is 17.2 Å². The third-order valence-corrected chi connectivity index (χ3v) is 11.7. The number of halogens is 3. The van der Waals surface area contributed by atoms with Gasteiger partial charge in [-0.25, -0.2) is 4.98 Å². The van der Waals surface area contributed by atoms with Gasteiger partial charge in [0.1, 0.15) is 28.6 Å². The number of nitro groups is 1. The minimum absolute atomic E-state index is 0.0348. The molecule has 3 fully saturated rings. The van der Waals surface area contributed by atoms with E-state index in [1.54, 1.807) is 24.5 Å². The number of nitro benzene ring substituents is 1. The molecule has 2 aliphatic heterocycles. The van der Waals surface area contributed by atoms with E-state index in [9.17, 15) is 28.1 Å². The highest BCUT2D eigenvalue weighted by Crippen LogP contribution is 2.52. The second-order valence-electron chi connectivity index (χ2n) is 14.6. The largest absolute Gasteiger partial charge is 0.496 e. The van der Waals surface area contributed by atoms with Crippen LogP contribution in [0.25, 0.3) is 11.0 Å². The molecule has 2 saturated heterocycles. The molecule has 4 heterocycles. The highest BCUT2D eigenvalue weighted by atomic mass is 32.2. The average molecular weight is 789 g/mol. The van der Waals surface area contributed by atoms with E-state index in [1.165, 1.54) is 31.4 Å².